The normalized spacial score (nSPS) is 14.3. The van der Waals surface area contributed by atoms with Crippen molar-refractivity contribution in [2.45, 2.75) is 31.9 Å². The molecule has 0 fully saturated rings. The minimum absolute atomic E-state index is 0.00547. The van der Waals surface area contributed by atoms with Gasteiger partial charge in [0, 0.05) is 24.6 Å². The molecule has 15 heavy (non-hydrogen) atoms. The molecule has 1 amide bonds. The van der Waals surface area contributed by atoms with Crippen molar-refractivity contribution in [1.82, 2.24) is 5.32 Å². The van der Waals surface area contributed by atoms with Gasteiger partial charge in [-0.2, -0.15) is 11.8 Å². The highest BCUT2D eigenvalue weighted by atomic mass is 32.2. The van der Waals surface area contributed by atoms with E-state index in [0.717, 1.165) is 0 Å². The summed E-state index contributed by atoms with van der Waals surface area (Å²) in [6.45, 7) is 4.24. The van der Waals surface area contributed by atoms with Gasteiger partial charge < -0.3 is 10.4 Å². The maximum Gasteiger partial charge on any atom is 0.303 e. The fourth-order valence-electron chi connectivity index (χ4n) is 1.07. The molecule has 0 aromatic carbocycles. The number of carbonyl (C=O) groups is 2. The van der Waals surface area contributed by atoms with Crippen LogP contribution in [0.4, 0.5) is 0 Å². The molecule has 2 N–H and O–H groups in total. The molecule has 0 spiro atoms. The van der Waals surface area contributed by atoms with Gasteiger partial charge in [0.15, 0.2) is 0 Å². The van der Waals surface area contributed by atoms with Crippen molar-refractivity contribution in [3.05, 3.63) is 0 Å². The van der Waals surface area contributed by atoms with Crippen LogP contribution in [0, 0.1) is 5.92 Å². The van der Waals surface area contributed by atoms with Gasteiger partial charge in [-0.25, -0.2) is 0 Å². The molecule has 0 saturated heterocycles. The zero-order chi connectivity index (χ0) is 11.8. The predicted molar refractivity (Wildman–Crippen MR) is 62.0 cm³/mol. The molecule has 0 aliphatic carbocycles. The molecule has 0 radical (unpaired) electrons. The van der Waals surface area contributed by atoms with E-state index in [9.17, 15) is 9.59 Å². The van der Waals surface area contributed by atoms with Crippen LogP contribution in [-0.4, -0.2) is 35.0 Å². The lowest BCUT2D eigenvalue weighted by Gasteiger charge is -2.12. The zero-order valence-electron chi connectivity index (χ0n) is 9.45. The van der Waals surface area contributed by atoms with Crippen LogP contribution in [0.15, 0.2) is 0 Å². The van der Waals surface area contributed by atoms with Crippen LogP contribution in [-0.2, 0) is 9.59 Å². The minimum atomic E-state index is -0.825. The fourth-order valence-corrected chi connectivity index (χ4v) is 1.39. The van der Waals surface area contributed by atoms with Gasteiger partial charge in [-0.3, -0.25) is 9.59 Å². The van der Waals surface area contributed by atoms with E-state index in [2.05, 4.69) is 5.32 Å². The topological polar surface area (TPSA) is 66.4 Å². The second-order valence-electron chi connectivity index (χ2n) is 3.76. The van der Waals surface area contributed by atoms with Crippen molar-refractivity contribution in [2.75, 3.05) is 12.8 Å². The Morgan fingerprint density at radius 3 is 2.40 bits per heavy atom. The molecule has 0 saturated carbocycles. The Morgan fingerprint density at radius 2 is 1.93 bits per heavy atom. The molecular weight excluding hydrogens is 214 g/mol. The van der Waals surface area contributed by atoms with Crippen molar-refractivity contribution >= 4 is 23.6 Å². The lowest BCUT2D eigenvalue weighted by molar-refractivity contribution is -0.138. The Morgan fingerprint density at radius 1 is 1.33 bits per heavy atom. The second-order valence-corrected chi connectivity index (χ2v) is 5.03. The maximum atomic E-state index is 11.3. The van der Waals surface area contributed by atoms with Gasteiger partial charge in [0.1, 0.15) is 0 Å². The van der Waals surface area contributed by atoms with E-state index in [1.54, 1.807) is 11.8 Å². The summed E-state index contributed by atoms with van der Waals surface area (Å²) in [6, 6.07) is 0. The van der Waals surface area contributed by atoms with Gasteiger partial charge in [-0.1, -0.05) is 13.8 Å². The first kappa shape index (κ1) is 14.3. The third-order valence-electron chi connectivity index (χ3n) is 2.05. The van der Waals surface area contributed by atoms with Crippen molar-refractivity contribution in [2.24, 2.45) is 5.92 Å². The Balaban J connectivity index is 3.66. The average Bonchev–Trinajstić information content (AvgIpc) is 2.13. The summed E-state index contributed by atoms with van der Waals surface area (Å²) in [6.07, 6.45) is 2.55. The summed E-state index contributed by atoms with van der Waals surface area (Å²) in [5.74, 6) is -0.848. The fraction of sp³-hybridized carbons (Fsp3) is 0.800. The van der Waals surface area contributed by atoms with Crippen LogP contribution in [0.1, 0.15) is 26.7 Å². The van der Waals surface area contributed by atoms with Gasteiger partial charge in [-0.15, -0.1) is 0 Å². The number of carboxylic acid groups (broad SMARTS) is 1. The number of carboxylic acids is 1. The standard InChI is InChI=1S/C10H19NO3S/c1-7(4-10(13)14)6-11-9(12)5-8(2)15-3/h7-8H,4-6H2,1-3H3,(H,11,12)(H,13,14). The lowest BCUT2D eigenvalue weighted by Crippen LogP contribution is -2.30. The van der Waals surface area contributed by atoms with E-state index in [0.29, 0.717) is 18.2 Å². The molecule has 0 aliphatic heterocycles. The van der Waals surface area contributed by atoms with E-state index in [4.69, 9.17) is 5.11 Å². The number of aliphatic carboxylic acids is 1. The molecule has 0 bridgehead atoms. The Bertz CT molecular complexity index is 221. The Labute approximate surface area is 94.8 Å². The molecule has 4 nitrogen and oxygen atoms in total. The predicted octanol–water partition coefficient (Wildman–Crippen LogP) is 1.35. The molecule has 0 heterocycles. The highest BCUT2D eigenvalue weighted by Crippen LogP contribution is 2.09. The van der Waals surface area contributed by atoms with Gasteiger partial charge in [0.05, 0.1) is 0 Å². The zero-order valence-corrected chi connectivity index (χ0v) is 10.3. The van der Waals surface area contributed by atoms with E-state index in [1.807, 2.05) is 20.1 Å². The van der Waals surface area contributed by atoms with Gasteiger partial charge in [0.2, 0.25) is 5.91 Å². The Kier molecular flexibility index (Phi) is 7.21. The van der Waals surface area contributed by atoms with Gasteiger partial charge in [0.25, 0.3) is 0 Å². The van der Waals surface area contributed by atoms with Crippen molar-refractivity contribution < 1.29 is 14.7 Å². The maximum absolute atomic E-state index is 11.3. The molecule has 2 unspecified atom stereocenters. The van der Waals surface area contributed by atoms with Gasteiger partial charge >= 0.3 is 5.97 Å². The van der Waals surface area contributed by atoms with E-state index >= 15 is 0 Å². The molecule has 5 heteroatoms. The van der Waals surface area contributed by atoms with Crippen LogP contribution in [0.25, 0.3) is 0 Å². The number of hydrogen-bond acceptors (Lipinski definition) is 3. The van der Waals surface area contributed by atoms with Crippen molar-refractivity contribution in [3.63, 3.8) is 0 Å². The number of nitrogens with one attached hydrogen (secondary N) is 1. The van der Waals surface area contributed by atoms with E-state index in [-0.39, 0.29) is 18.2 Å². The third kappa shape index (κ3) is 8.30. The second kappa shape index (κ2) is 7.56. The summed E-state index contributed by atoms with van der Waals surface area (Å²) in [7, 11) is 0. The first-order valence-corrected chi connectivity index (χ1v) is 6.25. The first-order valence-electron chi connectivity index (χ1n) is 4.97. The SMILES string of the molecule is CSC(C)CC(=O)NCC(C)CC(=O)O. The molecule has 88 valence electrons. The largest absolute Gasteiger partial charge is 0.481 e. The van der Waals surface area contributed by atoms with Crippen LogP contribution in [0.2, 0.25) is 0 Å². The summed E-state index contributed by atoms with van der Waals surface area (Å²) in [4.78, 5) is 21.7. The monoisotopic (exact) mass is 233 g/mol. The number of carbonyl (C=O) groups excluding carboxylic acids is 1. The first-order chi connectivity index (χ1) is 6.95. The van der Waals surface area contributed by atoms with Crippen LogP contribution < -0.4 is 5.32 Å². The summed E-state index contributed by atoms with van der Waals surface area (Å²) in [5, 5.41) is 11.6. The molecule has 0 aromatic heterocycles. The number of hydrogen-bond donors (Lipinski definition) is 2. The molecular formula is C10H19NO3S. The van der Waals surface area contributed by atoms with Gasteiger partial charge in [-0.05, 0) is 12.2 Å². The smallest absolute Gasteiger partial charge is 0.303 e. The summed E-state index contributed by atoms with van der Waals surface area (Å²) >= 11 is 1.64. The number of amides is 1. The van der Waals surface area contributed by atoms with E-state index in [1.165, 1.54) is 0 Å². The third-order valence-corrected chi connectivity index (χ3v) is 3.02. The van der Waals surface area contributed by atoms with Crippen LogP contribution in [0.3, 0.4) is 0 Å². The summed E-state index contributed by atoms with van der Waals surface area (Å²) < 4.78 is 0. The molecule has 0 aromatic rings. The van der Waals surface area contributed by atoms with Crippen LogP contribution in [0.5, 0.6) is 0 Å². The van der Waals surface area contributed by atoms with Crippen molar-refractivity contribution in [1.29, 1.82) is 0 Å². The quantitative estimate of drug-likeness (QED) is 0.696. The molecule has 0 rings (SSSR count). The van der Waals surface area contributed by atoms with Crippen LogP contribution >= 0.6 is 11.8 Å². The Hall–Kier alpha value is -0.710. The highest BCUT2D eigenvalue weighted by Gasteiger charge is 2.11. The minimum Gasteiger partial charge on any atom is -0.481 e. The van der Waals surface area contributed by atoms with Crippen molar-refractivity contribution in [3.8, 4) is 0 Å². The lowest BCUT2D eigenvalue weighted by atomic mass is 10.1. The average molecular weight is 233 g/mol. The summed E-state index contributed by atoms with van der Waals surface area (Å²) in [5.41, 5.74) is 0. The molecule has 2 atom stereocenters. The highest BCUT2D eigenvalue weighted by molar-refractivity contribution is 7.99. The number of thioether (sulfide) groups is 1. The number of rotatable bonds is 7. The van der Waals surface area contributed by atoms with E-state index < -0.39 is 5.97 Å². The molecule has 0 aliphatic rings.